The fourth-order valence-electron chi connectivity index (χ4n) is 4.63. The van der Waals surface area contributed by atoms with Crippen molar-refractivity contribution in [2.24, 2.45) is 5.92 Å². The van der Waals surface area contributed by atoms with Crippen molar-refractivity contribution in [1.29, 1.82) is 0 Å². The first-order valence-corrected chi connectivity index (χ1v) is 10.6. The molecule has 5 rings (SSSR count). The van der Waals surface area contributed by atoms with Gasteiger partial charge in [-0.25, -0.2) is 9.97 Å². The van der Waals surface area contributed by atoms with Gasteiger partial charge in [0.15, 0.2) is 0 Å². The van der Waals surface area contributed by atoms with Gasteiger partial charge < -0.3 is 15.7 Å². The summed E-state index contributed by atoms with van der Waals surface area (Å²) in [6.07, 6.45) is 8.61. The lowest BCUT2D eigenvalue weighted by Gasteiger charge is -2.29. The van der Waals surface area contributed by atoms with Gasteiger partial charge in [-0.15, -0.1) is 10.2 Å². The highest BCUT2D eigenvalue weighted by Crippen LogP contribution is 2.33. The first-order chi connectivity index (χ1) is 14.6. The van der Waals surface area contributed by atoms with Gasteiger partial charge in [0.05, 0.1) is 5.69 Å². The van der Waals surface area contributed by atoms with E-state index >= 15 is 0 Å². The van der Waals surface area contributed by atoms with Crippen LogP contribution in [0, 0.1) is 12.8 Å². The van der Waals surface area contributed by atoms with E-state index in [4.69, 9.17) is 0 Å². The smallest absolute Gasteiger partial charge is 0.148 e. The molecule has 2 aliphatic heterocycles. The molecule has 0 amide bonds. The fourth-order valence-corrected chi connectivity index (χ4v) is 4.63. The van der Waals surface area contributed by atoms with Crippen molar-refractivity contribution in [2.45, 2.75) is 44.7 Å². The average Bonchev–Trinajstić information content (AvgIpc) is 3.11. The molecule has 2 saturated heterocycles. The second kappa shape index (κ2) is 7.99. The van der Waals surface area contributed by atoms with Gasteiger partial charge in [0, 0.05) is 42.1 Å². The van der Waals surface area contributed by atoms with Crippen molar-refractivity contribution >= 4 is 5.82 Å². The minimum absolute atomic E-state index is 0.160. The van der Waals surface area contributed by atoms with E-state index in [1.54, 1.807) is 18.5 Å². The third kappa shape index (κ3) is 3.98. The predicted molar refractivity (Wildman–Crippen MR) is 116 cm³/mol. The Labute approximate surface area is 176 Å². The molecule has 7 nitrogen and oxygen atoms in total. The third-order valence-electron chi connectivity index (χ3n) is 6.20. The molecule has 4 heterocycles. The molecule has 2 unspecified atom stereocenters. The lowest BCUT2D eigenvalue weighted by atomic mass is 9.92. The van der Waals surface area contributed by atoms with E-state index in [2.05, 4.69) is 30.8 Å². The Morgan fingerprint density at radius 1 is 1.00 bits per heavy atom. The molecule has 0 aliphatic carbocycles. The Balaban J connectivity index is 1.25. The molecule has 3 aromatic rings. The topological polar surface area (TPSA) is 95.9 Å². The molecule has 0 radical (unpaired) electrons. The number of benzene rings is 1. The van der Waals surface area contributed by atoms with Crippen LogP contribution in [0.3, 0.4) is 0 Å². The zero-order valence-electron chi connectivity index (χ0n) is 17.0. The van der Waals surface area contributed by atoms with Crippen LogP contribution in [0.5, 0.6) is 5.75 Å². The molecule has 154 valence electrons. The molecule has 2 aromatic heterocycles. The van der Waals surface area contributed by atoms with Gasteiger partial charge in [0.25, 0.3) is 0 Å². The summed E-state index contributed by atoms with van der Waals surface area (Å²) in [6, 6.07) is 10.7. The minimum Gasteiger partial charge on any atom is -0.507 e. The van der Waals surface area contributed by atoms with Crippen molar-refractivity contribution in [1.82, 2.24) is 25.5 Å². The van der Waals surface area contributed by atoms with Crippen LogP contribution in [0.2, 0.25) is 0 Å². The van der Waals surface area contributed by atoms with Crippen molar-refractivity contribution < 1.29 is 5.11 Å². The number of nitrogens with one attached hydrogen (secondary N) is 2. The number of rotatable bonds is 5. The van der Waals surface area contributed by atoms with Gasteiger partial charge in [-0.3, -0.25) is 0 Å². The first kappa shape index (κ1) is 18.9. The second-order valence-electron chi connectivity index (χ2n) is 8.41. The molecule has 2 atom stereocenters. The molecule has 0 spiro atoms. The van der Waals surface area contributed by atoms with Gasteiger partial charge in [-0.2, -0.15) is 0 Å². The van der Waals surface area contributed by atoms with E-state index in [-0.39, 0.29) is 5.75 Å². The average molecular weight is 403 g/mol. The zero-order valence-corrected chi connectivity index (χ0v) is 17.0. The standard InChI is InChI=1S/C23H26N6O/c1-14-24-12-17(13-25-14)16-2-5-20(22(30)10-16)21-6-7-23(29-28-21)26-11-15-8-18-3-4-19(9-15)27-18/h2,5-7,10,12-13,15,18-19,27,30H,3-4,8-9,11H2,1H3,(H,26,29). The summed E-state index contributed by atoms with van der Waals surface area (Å²) in [5.41, 5.74) is 3.02. The van der Waals surface area contributed by atoms with E-state index in [1.807, 2.05) is 31.2 Å². The number of aromatic nitrogens is 4. The molecule has 7 heteroatoms. The summed E-state index contributed by atoms with van der Waals surface area (Å²) < 4.78 is 0. The number of hydrogen-bond donors (Lipinski definition) is 3. The van der Waals surface area contributed by atoms with Crippen LogP contribution in [0.4, 0.5) is 5.82 Å². The monoisotopic (exact) mass is 402 g/mol. The lowest BCUT2D eigenvalue weighted by molar-refractivity contribution is 0.311. The van der Waals surface area contributed by atoms with E-state index in [9.17, 15) is 5.11 Å². The van der Waals surface area contributed by atoms with Crippen LogP contribution in [-0.4, -0.2) is 43.9 Å². The SMILES string of the molecule is Cc1ncc(-c2ccc(-c3ccc(NCC4CC5CCC(C4)N5)nn3)c(O)c2)cn1. The molecule has 3 N–H and O–H groups in total. The van der Waals surface area contributed by atoms with Gasteiger partial charge in [0.1, 0.15) is 17.4 Å². The number of hydrogen-bond acceptors (Lipinski definition) is 7. The molecular weight excluding hydrogens is 376 g/mol. The number of anilines is 1. The number of aromatic hydroxyl groups is 1. The maximum Gasteiger partial charge on any atom is 0.148 e. The normalized spacial score (nSPS) is 22.8. The van der Waals surface area contributed by atoms with Crippen LogP contribution < -0.4 is 10.6 Å². The Morgan fingerprint density at radius 2 is 1.77 bits per heavy atom. The fraction of sp³-hybridized carbons (Fsp3) is 0.391. The first-order valence-electron chi connectivity index (χ1n) is 10.6. The van der Waals surface area contributed by atoms with Crippen LogP contribution >= 0.6 is 0 Å². The zero-order chi connectivity index (χ0) is 20.5. The number of phenolic OH excluding ortho intramolecular Hbond substituents is 1. The highest BCUT2D eigenvalue weighted by atomic mass is 16.3. The number of fused-ring (bicyclic) bond motifs is 2. The quantitative estimate of drug-likeness (QED) is 0.600. The van der Waals surface area contributed by atoms with Crippen molar-refractivity contribution in [3.05, 3.63) is 48.5 Å². The van der Waals surface area contributed by atoms with E-state index in [0.717, 1.165) is 29.3 Å². The van der Waals surface area contributed by atoms with Crippen LogP contribution in [-0.2, 0) is 0 Å². The summed E-state index contributed by atoms with van der Waals surface area (Å²) in [7, 11) is 0. The van der Waals surface area contributed by atoms with Crippen LogP contribution in [0.15, 0.2) is 42.7 Å². The van der Waals surface area contributed by atoms with E-state index in [0.29, 0.717) is 29.3 Å². The summed E-state index contributed by atoms with van der Waals surface area (Å²) in [6.45, 7) is 2.78. The molecule has 0 saturated carbocycles. The lowest BCUT2D eigenvalue weighted by Crippen LogP contribution is -2.40. The van der Waals surface area contributed by atoms with Crippen LogP contribution in [0.1, 0.15) is 31.5 Å². The van der Waals surface area contributed by atoms with Gasteiger partial charge in [-0.05, 0) is 68.4 Å². The van der Waals surface area contributed by atoms with Crippen LogP contribution in [0.25, 0.3) is 22.4 Å². The van der Waals surface area contributed by atoms with Gasteiger partial charge in [0.2, 0.25) is 0 Å². The van der Waals surface area contributed by atoms with Gasteiger partial charge >= 0.3 is 0 Å². The van der Waals surface area contributed by atoms with E-state index < -0.39 is 0 Å². The number of phenols is 1. The summed E-state index contributed by atoms with van der Waals surface area (Å²) in [4.78, 5) is 8.43. The van der Waals surface area contributed by atoms with Gasteiger partial charge in [-0.1, -0.05) is 6.07 Å². The second-order valence-corrected chi connectivity index (χ2v) is 8.41. The summed E-state index contributed by atoms with van der Waals surface area (Å²) in [5.74, 6) is 2.34. The van der Waals surface area contributed by atoms with Crippen molar-refractivity contribution in [2.75, 3.05) is 11.9 Å². The third-order valence-corrected chi connectivity index (χ3v) is 6.20. The Hall–Kier alpha value is -3.06. The summed E-state index contributed by atoms with van der Waals surface area (Å²) in [5, 5.41) is 26.3. The highest BCUT2D eigenvalue weighted by Gasteiger charge is 2.33. The maximum atomic E-state index is 10.5. The molecular formula is C23H26N6O. The Morgan fingerprint density at radius 3 is 2.43 bits per heavy atom. The summed E-state index contributed by atoms with van der Waals surface area (Å²) >= 11 is 0. The molecule has 2 bridgehead atoms. The largest absolute Gasteiger partial charge is 0.507 e. The molecule has 2 aliphatic rings. The number of nitrogens with zero attached hydrogens (tertiary/aromatic N) is 4. The number of piperidine rings is 1. The number of aryl methyl sites for hydroxylation is 1. The molecule has 1 aromatic carbocycles. The molecule has 30 heavy (non-hydrogen) atoms. The Kier molecular flexibility index (Phi) is 5.04. The Bertz CT molecular complexity index is 1010. The predicted octanol–water partition coefficient (Wildman–Crippen LogP) is 3.56. The minimum atomic E-state index is 0.160. The van der Waals surface area contributed by atoms with E-state index in [1.165, 1.54) is 25.7 Å². The molecule has 2 fully saturated rings. The van der Waals surface area contributed by atoms with Crippen molar-refractivity contribution in [3.63, 3.8) is 0 Å². The highest BCUT2D eigenvalue weighted by molar-refractivity contribution is 5.73. The van der Waals surface area contributed by atoms with Crippen molar-refractivity contribution in [3.8, 4) is 28.1 Å². The maximum absolute atomic E-state index is 10.5.